The Morgan fingerprint density at radius 3 is 2.61 bits per heavy atom. The molecule has 1 aliphatic heterocycles. The van der Waals surface area contributed by atoms with E-state index in [2.05, 4.69) is 81.4 Å². The molecule has 176 valence electrons. The Bertz CT molecular complexity index is 1050. The van der Waals surface area contributed by atoms with Crippen molar-refractivity contribution >= 4 is 17.0 Å². The Hall–Kier alpha value is -2.90. The van der Waals surface area contributed by atoms with Crippen molar-refractivity contribution in [3.63, 3.8) is 0 Å². The Morgan fingerprint density at radius 2 is 1.79 bits per heavy atom. The van der Waals surface area contributed by atoms with Gasteiger partial charge in [-0.15, -0.1) is 0 Å². The number of aromatic nitrogens is 2. The van der Waals surface area contributed by atoms with Crippen LogP contribution in [-0.4, -0.2) is 59.8 Å². The first-order valence-electron chi connectivity index (χ1n) is 12.1. The van der Waals surface area contributed by atoms with Gasteiger partial charge in [-0.1, -0.05) is 36.4 Å². The molecular weight excluding hydrogens is 412 g/mol. The number of hydrogen-bond acceptors (Lipinski definition) is 4. The molecule has 0 saturated carbocycles. The van der Waals surface area contributed by atoms with E-state index in [0.717, 1.165) is 76.2 Å². The number of morpholine rings is 1. The van der Waals surface area contributed by atoms with E-state index in [-0.39, 0.29) is 0 Å². The molecule has 0 spiro atoms. The summed E-state index contributed by atoms with van der Waals surface area (Å²) in [4.78, 5) is 12.0. The lowest BCUT2D eigenvalue weighted by Crippen LogP contribution is -2.38. The van der Waals surface area contributed by atoms with Crippen LogP contribution in [0.1, 0.15) is 30.3 Å². The number of imidazole rings is 1. The third-order valence-electron chi connectivity index (χ3n) is 6.06. The first kappa shape index (κ1) is 23.3. The van der Waals surface area contributed by atoms with Crippen LogP contribution in [0.2, 0.25) is 0 Å². The lowest BCUT2D eigenvalue weighted by atomic mass is 10.1. The summed E-state index contributed by atoms with van der Waals surface area (Å²) in [7, 11) is 0. The first-order valence-corrected chi connectivity index (χ1v) is 12.1. The van der Waals surface area contributed by atoms with Gasteiger partial charge in [0.25, 0.3) is 0 Å². The maximum atomic E-state index is 5.49. The Morgan fingerprint density at radius 1 is 1.03 bits per heavy atom. The Balaban J connectivity index is 1.33. The second-order valence-corrected chi connectivity index (χ2v) is 8.43. The summed E-state index contributed by atoms with van der Waals surface area (Å²) in [5, 5.41) is 6.88. The molecule has 0 amide bonds. The summed E-state index contributed by atoms with van der Waals surface area (Å²) in [6.07, 6.45) is 0.999. The number of hydrogen-bond donors (Lipinski definition) is 2. The molecule has 1 aromatic heterocycles. The molecule has 0 unspecified atom stereocenters. The molecular formula is C26H36N6O. The zero-order valence-electron chi connectivity index (χ0n) is 19.9. The largest absolute Gasteiger partial charge is 0.379 e. The smallest absolute Gasteiger partial charge is 0.191 e. The van der Waals surface area contributed by atoms with Gasteiger partial charge in [-0.3, -0.25) is 4.90 Å². The van der Waals surface area contributed by atoms with E-state index >= 15 is 0 Å². The molecule has 7 heteroatoms. The fraction of sp³-hybridized carbons (Fsp3) is 0.462. The highest BCUT2D eigenvalue weighted by Crippen LogP contribution is 2.16. The number of aryl methyl sites for hydroxylation is 2. The van der Waals surface area contributed by atoms with Crippen molar-refractivity contribution in [2.75, 3.05) is 39.4 Å². The van der Waals surface area contributed by atoms with Crippen molar-refractivity contribution in [3.05, 3.63) is 65.5 Å². The van der Waals surface area contributed by atoms with Crippen LogP contribution in [0, 0.1) is 6.92 Å². The number of ether oxygens (including phenoxy) is 1. The van der Waals surface area contributed by atoms with Crippen molar-refractivity contribution in [1.82, 2.24) is 25.1 Å². The molecule has 1 saturated heterocycles. The number of nitrogens with zero attached hydrogens (tertiary/aromatic N) is 4. The Labute approximate surface area is 196 Å². The minimum Gasteiger partial charge on any atom is -0.379 e. The fourth-order valence-electron chi connectivity index (χ4n) is 4.29. The van der Waals surface area contributed by atoms with Gasteiger partial charge in [0.15, 0.2) is 5.96 Å². The van der Waals surface area contributed by atoms with Gasteiger partial charge in [0.1, 0.15) is 5.82 Å². The molecule has 0 radical (unpaired) electrons. The summed E-state index contributed by atoms with van der Waals surface area (Å²) in [5.74, 6) is 1.93. The molecule has 2 heterocycles. The number of guanidine groups is 1. The second-order valence-electron chi connectivity index (χ2n) is 8.43. The van der Waals surface area contributed by atoms with Crippen molar-refractivity contribution in [2.45, 2.75) is 39.9 Å². The van der Waals surface area contributed by atoms with Crippen LogP contribution in [0.3, 0.4) is 0 Å². The zero-order valence-corrected chi connectivity index (χ0v) is 19.9. The molecule has 0 atom stereocenters. The highest BCUT2D eigenvalue weighted by molar-refractivity contribution is 5.79. The number of benzene rings is 2. The van der Waals surface area contributed by atoms with Crippen LogP contribution in [0.25, 0.3) is 11.0 Å². The number of nitrogens with one attached hydrogen (secondary N) is 2. The summed E-state index contributed by atoms with van der Waals surface area (Å²) >= 11 is 0. The first-order chi connectivity index (χ1) is 16.2. The summed E-state index contributed by atoms with van der Waals surface area (Å²) in [5.41, 5.74) is 4.89. The van der Waals surface area contributed by atoms with E-state index < -0.39 is 0 Å². The van der Waals surface area contributed by atoms with Crippen molar-refractivity contribution in [2.24, 2.45) is 4.99 Å². The van der Waals surface area contributed by atoms with Gasteiger partial charge in [0.2, 0.25) is 0 Å². The highest BCUT2D eigenvalue weighted by Gasteiger charge is 2.12. The van der Waals surface area contributed by atoms with Gasteiger partial charge >= 0.3 is 0 Å². The quantitative estimate of drug-likeness (QED) is 0.299. The van der Waals surface area contributed by atoms with Crippen LogP contribution in [-0.2, 0) is 24.4 Å². The maximum absolute atomic E-state index is 5.49. The predicted molar refractivity (Wildman–Crippen MR) is 134 cm³/mol. The van der Waals surface area contributed by atoms with Gasteiger partial charge in [-0.25, -0.2) is 9.98 Å². The molecule has 3 aromatic rings. The van der Waals surface area contributed by atoms with Crippen molar-refractivity contribution in [3.8, 4) is 0 Å². The standard InChI is InChI=1S/C26H36N6O/c1-3-27-26(28-13-8-14-32-21(2)30-24-11-6-7-12-25(24)32)29-19-22-9-4-5-10-23(22)20-31-15-17-33-18-16-31/h4-7,9-12H,3,8,13-20H2,1-2H3,(H2,27,28,29). The number of rotatable bonds is 9. The lowest BCUT2D eigenvalue weighted by Gasteiger charge is -2.27. The molecule has 2 aromatic carbocycles. The Kier molecular flexibility index (Phi) is 8.33. The molecule has 4 rings (SSSR count). The van der Waals surface area contributed by atoms with Crippen LogP contribution < -0.4 is 10.6 Å². The topological polar surface area (TPSA) is 66.7 Å². The van der Waals surface area contributed by atoms with Crippen molar-refractivity contribution < 1.29 is 4.74 Å². The monoisotopic (exact) mass is 448 g/mol. The van der Waals surface area contributed by atoms with Gasteiger partial charge < -0.3 is 19.9 Å². The van der Waals surface area contributed by atoms with Crippen molar-refractivity contribution in [1.29, 1.82) is 0 Å². The van der Waals surface area contributed by atoms with E-state index in [9.17, 15) is 0 Å². The lowest BCUT2D eigenvalue weighted by molar-refractivity contribution is 0.0341. The zero-order chi connectivity index (χ0) is 22.9. The van der Waals surface area contributed by atoms with Gasteiger partial charge in [-0.05, 0) is 43.5 Å². The summed E-state index contributed by atoms with van der Waals surface area (Å²) in [6.45, 7) is 12.1. The minimum absolute atomic E-state index is 0.668. The van der Waals surface area contributed by atoms with E-state index in [0.29, 0.717) is 6.54 Å². The third kappa shape index (κ3) is 6.33. The SMILES string of the molecule is CCNC(=NCc1ccccc1CN1CCOCC1)NCCCn1c(C)nc2ccccc21. The molecule has 1 aliphatic rings. The normalized spacial score (nSPS) is 15.2. The minimum atomic E-state index is 0.668. The number of fused-ring (bicyclic) bond motifs is 1. The molecule has 0 aliphatic carbocycles. The average molecular weight is 449 g/mol. The van der Waals surface area contributed by atoms with Gasteiger partial charge in [0, 0.05) is 39.3 Å². The summed E-state index contributed by atoms with van der Waals surface area (Å²) < 4.78 is 7.78. The third-order valence-corrected chi connectivity index (χ3v) is 6.06. The predicted octanol–water partition coefficient (Wildman–Crippen LogP) is 3.32. The molecule has 0 bridgehead atoms. The van der Waals surface area contributed by atoms with Crippen LogP contribution >= 0.6 is 0 Å². The van der Waals surface area contributed by atoms with E-state index in [1.807, 2.05) is 6.07 Å². The fourth-order valence-corrected chi connectivity index (χ4v) is 4.29. The number of para-hydroxylation sites is 2. The van der Waals surface area contributed by atoms with Crippen LogP contribution in [0.15, 0.2) is 53.5 Å². The average Bonchev–Trinajstić information content (AvgIpc) is 3.16. The van der Waals surface area contributed by atoms with E-state index in [1.165, 1.54) is 16.6 Å². The second kappa shape index (κ2) is 11.8. The van der Waals surface area contributed by atoms with E-state index in [4.69, 9.17) is 9.73 Å². The maximum Gasteiger partial charge on any atom is 0.191 e. The van der Waals surface area contributed by atoms with Crippen LogP contribution in [0.5, 0.6) is 0 Å². The molecule has 33 heavy (non-hydrogen) atoms. The summed E-state index contributed by atoms with van der Waals surface area (Å²) in [6, 6.07) is 17.0. The molecule has 1 fully saturated rings. The van der Waals surface area contributed by atoms with Gasteiger partial charge in [0.05, 0.1) is 30.8 Å². The molecule has 2 N–H and O–H groups in total. The number of aliphatic imine (C=N–C) groups is 1. The van der Waals surface area contributed by atoms with Gasteiger partial charge in [-0.2, -0.15) is 0 Å². The van der Waals surface area contributed by atoms with E-state index in [1.54, 1.807) is 0 Å². The van der Waals surface area contributed by atoms with Crippen LogP contribution in [0.4, 0.5) is 0 Å². The highest BCUT2D eigenvalue weighted by atomic mass is 16.5. The molecule has 7 nitrogen and oxygen atoms in total.